The van der Waals surface area contributed by atoms with Gasteiger partial charge in [-0.05, 0) is 37.1 Å². The van der Waals surface area contributed by atoms with Crippen LogP contribution in [0.4, 0.5) is 0 Å². The molecule has 0 saturated carbocycles. The number of aromatic nitrogens is 1. The molecule has 25 heavy (non-hydrogen) atoms. The maximum atomic E-state index is 12.4. The number of benzene rings is 1. The van der Waals surface area contributed by atoms with Crippen molar-refractivity contribution in [3.8, 4) is 0 Å². The van der Waals surface area contributed by atoms with Gasteiger partial charge in [0.25, 0.3) is 0 Å². The van der Waals surface area contributed by atoms with E-state index in [0.29, 0.717) is 0 Å². The second-order valence-corrected chi connectivity index (χ2v) is 6.53. The molecule has 2 aromatic rings. The van der Waals surface area contributed by atoms with E-state index in [2.05, 4.69) is 41.1 Å². The summed E-state index contributed by atoms with van der Waals surface area (Å²) in [7, 11) is 0. The molecule has 1 aliphatic heterocycles. The first-order valence-electron chi connectivity index (χ1n) is 8.86. The smallest absolute Gasteiger partial charge is 0.246 e. The van der Waals surface area contributed by atoms with E-state index in [4.69, 9.17) is 0 Å². The van der Waals surface area contributed by atoms with Crippen LogP contribution in [0.25, 0.3) is 6.08 Å². The molecule has 4 nitrogen and oxygen atoms in total. The minimum atomic E-state index is 0.0721. The van der Waals surface area contributed by atoms with Gasteiger partial charge >= 0.3 is 0 Å². The van der Waals surface area contributed by atoms with E-state index in [-0.39, 0.29) is 5.91 Å². The van der Waals surface area contributed by atoms with Crippen molar-refractivity contribution in [1.29, 1.82) is 0 Å². The van der Waals surface area contributed by atoms with Crippen molar-refractivity contribution in [1.82, 2.24) is 14.8 Å². The molecule has 0 N–H and O–H groups in total. The summed E-state index contributed by atoms with van der Waals surface area (Å²) in [6, 6.07) is 14.4. The molecule has 0 spiro atoms. The molecule has 0 atom stereocenters. The Morgan fingerprint density at radius 2 is 1.92 bits per heavy atom. The normalized spacial score (nSPS) is 16.1. The molecule has 2 heterocycles. The first-order valence-corrected chi connectivity index (χ1v) is 8.86. The quantitative estimate of drug-likeness (QED) is 0.806. The van der Waals surface area contributed by atoms with Crippen LogP contribution in [0.5, 0.6) is 0 Å². The average molecular weight is 335 g/mol. The highest BCUT2D eigenvalue weighted by molar-refractivity contribution is 5.91. The van der Waals surface area contributed by atoms with Crippen molar-refractivity contribution in [3.63, 3.8) is 0 Å². The number of hydrogen-bond donors (Lipinski definition) is 0. The molecule has 1 fully saturated rings. The van der Waals surface area contributed by atoms with Crippen molar-refractivity contribution in [2.75, 3.05) is 26.2 Å². The number of nitrogens with zero attached hydrogens (tertiary/aromatic N) is 3. The van der Waals surface area contributed by atoms with Gasteiger partial charge < -0.3 is 4.90 Å². The average Bonchev–Trinajstić information content (AvgIpc) is 2.88. The Kier molecular flexibility index (Phi) is 5.96. The number of pyridine rings is 1. The fraction of sp³-hybridized carbons (Fsp3) is 0.333. The highest BCUT2D eigenvalue weighted by Crippen LogP contribution is 2.11. The Hall–Kier alpha value is -2.46. The summed E-state index contributed by atoms with van der Waals surface area (Å²) in [6.45, 7) is 6.59. The van der Waals surface area contributed by atoms with Crippen LogP contribution in [0.15, 0.2) is 54.7 Å². The molecule has 130 valence electrons. The van der Waals surface area contributed by atoms with Crippen molar-refractivity contribution in [3.05, 3.63) is 71.6 Å². The zero-order valence-corrected chi connectivity index (χ0v) is 14.8. The monoisotopic (exact) mass is 335 g/mol. The van der Waals surface area contributed by atoms with Crippen LogP contribution in [-0.2, 0) is 11.3 Å². The van der Waals surface area contributed by atoms with Gasteiger partial charge in [-0.2, -0.15) is 0 Å². The zero-order valence-electron chi connectivity index (χ0n) is 14.8. The van der Waals surface area contributed by atoms with Gasteiger partial charge in [0, 0.05) is 45.0 Å². The summed E-state index contributed by atoms with van der Waals surface area (Å²) in [5.74, 6) is 0.0721. The van der Waals surface area contributed by atoms with Gasteiger partial charge in [-0.3, -0.25) is 14.7 Å². The second-order valence-electron chi connectivity index (χ2n) is 6.53. The van der Waals surface area contributed by atoms with Crippen LogP contribution in [0.1, 0.15) is 23.2 Å². The Bertz CT molecular complexity index is 710. The summed E-state index contributed by atoms with van der Waals surface area (Å²) in [5.41, 5.74) is 3.43. The lowest BCUT2D eigenvalue weighted by molar-refractivity contribution is -0.125. The van der Waals surface area contributed by atoms with E-state index in [1.54, 1.807) is 18.3 Å². The number of carbonyl (C=O) groups excluding carboxylic acids is 1. The second kappa shape index (κ2) is 8.58. The summed E-state index contributed by atoms with van der Waals surface area (Å²) in [4.78, 5) is 21.0. The standard InChI is InChI=1S/C21H25N3O/c1-18-6-8-19(9-7-18)17-23-13-4-14-24(16-15-23)21(25)11-10-20-5-2-3-12-22-20/h2-3,5-12H,4,13-17H2,1H3/b11-10+. The van der Waals surface area contributed by atoms with Gasteiger partial charge in [-0.25, -0.2) is 0 Å². The molecule has 1 aromatic carbocycles. The van der Waals surface area contributed by atoms with Crippen molar-refractivity contribution in [2.45, 2.75) is 19.9 Å². The van der Waals surface area contributed by atoms with Gasteiger partial charge in [0.05, 0.1) is 5.69 Å². The Morgan fingerprint density at radius 1 is 1.08 bits per heavy atom. The Labute approximate surface area is 149 Å². The molecule has 0 radical (unpaired) electrons. The number of rotatable bonds is 4. The number of hydrogen-bond acceptors (Lipinski definition) is 3. The van der Waals surface area contributed by atoms with Crippen molar-refractivity contribution >= 4 is 12.0 Å². The van der Waals surface area contributed by atoms with E-state index >= 15 is 0 Å². The Balaban J connectivity index is 1.53. The highest BCUT2D eigenvalue weighted by Gasteiger charge is 2.17. The van der Waals surface area contributed by atoms with E-state index < -0.39 is 0 Å². The van der Waals surface area contributed by atoms with Gasteiger partial charge in [0.1, 0.15) is 0 Å². The minimum absolute atomic E-state index is 0.0721. The third kappa shape index (κ3) is 5.26. The van der Waals surface area contributed by atoms with Crippen LogP contribution in [-0.4, -0.2) is 46.9 Å². The predicted molar refractivity (Wildman–Crippen MR) is 101 cm³/mol. The Morgan fingerprint density at radius 3 is 2.68 bits per heavy atom. The molecule has 1 aliphatic rings. The molecule has 0 unspecified atom stereocenters. The summed E-state index contributed by atoms with van der Waals surface area (Å²) < 4.78 is 0. The lowest BCUT2D eigenvalue weighted by Gasteiger charge is -2.21. The molecule has 1 amide bonds. The van der Waals surface area contributed by atoms with Crippen molar-refractivity contribution < 1.29 is 4.79 Å². The van der Waals surface area contributed by atoms with E-state index in [1.165, 1.54) is 11.1 Å². The third-order valence-corrected chi connectivity index (χ3v) is 4.51. The summed E-state index contributed by atoms with van der Waals surface area (Å²) >= 11 is 0. The number of amides is 1. The maximum Gasteiger partial charge on any atom is 0.246 e. The molecule has 3 rings (SSSR count). The minimum Gasteiger partial charge on any atom is -0.338 e. The summed E-state index contributed by atoms with van der Waals surface area (Å²) in [6.07, 6.45) is 6.17. The first kappa shape index (κ1) is 17.4. The number of aryl methyl sites for hydroxylation is 1. The molecule has 0 aliphatic carbocycles. The largest absolute Gasteiger partial charge is 0.338 e. The van der Waals surface area contributed by atoms with Gasteiger partial charge in [0.2, 0.25) is 5.91 Å². The van der Waals surface area contributed by atoms with Gasteiger partial charge in [-0.15, -0.1) is 0 Å². The van der Waals surface area contributed by atoms with Gasteiger partial charge in [-0.1, -0.05) is 35.9 Å². The fourth-order valence-electron chi connectivity index (χ4n) is 3.04. The van der Waals surface area contributed by atoms with Gasteiger partial charge in [0.15, 0.2) is 0 Å². The highest BCUT2D eigenvalue weighted by atomic mass is 16.2. The predicted octanol–water partition coefficient (Wildman–Crippen LogP) is 3.14. The topological polar surface area (TPSA) is 36.4 Å². The molecular weight excluding hydrogens is 310 g/mol. The van der Waals surface area contributed by atoms with Crippen LogP contribution in [0, 0.1) is 6.92 Å². The SMILES string of the molecule is Cc1ccc(CN2CCCN(C(=O)/C=C/c3ccccn3)CC2)cc1. The van der Waals surface area contributed by atoms with E-state index in [1.807, 2.05) is 23.1 Å². The van der Waals surface area contributed by atoms with Crippen LogP contribution in [0.3, 0.4) is 0 Å². The molecular formula is C21H25N3O. The maximum absolute atomic E-state index is 12.4. The van der Waals surface area contributed by atoms with Crippen LogP contribution < -0.4 is 0 Å². The van der Waals surface area contributed by atoms with Crippen LogP contribution >= 0.6 is 0 Å². The molecule has 0 bridgehead atoms. The third-order valence-electron chi connectivity index (χ3n) is 4.51. The fourth-order valence-corrected chi connectivity index (χ4v) is 3.04. The van der Waals surface area contributed by atoms with Crippen molar-refractivity contribution in [2.24, 2.45) is 0 Å². The summed E-state index contributed by atoms with van der Waals surface area (Å²) in [5, 5.41) is 0. The lowest BCUT2D eigenvalue weighted by Crippen LogP contribution is -2.34. The van der Waals surface area contributed by atoms with E-state index in [9.17, 15) is 4.79 Å². The molecule has 1 saturated heterocycles. The molecule has 1 aromatic heterocycles. The first-order chi connectivity index (χ1) is 12.2. The van der Waals surface area contributed by atoms with Crippen LogP contribution in [0.2, 0.25) is 0 Å². The zero-order chi connectivity index (χ0) is 17.5. The molecule has 4 heteroatoms. The van der Waals surface area contributed by atoms with E-state index in [0.717, 1.165) is 44.8 Å². The number of carbonyl (C=O) groups is 1. The lowest BCUT2D eigenvalue weighted by atomic mass is 10.1.